The van der Waals surface area contributed by atoms with Crippen LogP contribution in [-0.2, 0) is 4.74 Å². The average molecular weight is 161 g/mol. The van der Waals surface area contributed by atoms with Crippen LogP contribution >= 0.6 is 8.58 Å². The molecule has 1 heterocycles. The van der Waals surface area contributed by atoms with E-state index in [9.17, 15) is 0 Å². The summed E-state index contributed by atoms with van der Waals surface area (Å²) in [5.74, 6) is 0.628. The third kappa shape index (κ3) is 2.19. The molecule has 0 radical (unpaired) electrons. The summed E-state index contributed by atoms with van der Waals surface area (Å²) in [4.78, 5) is 0. The summed E-state index contributed by atoms with van der Waals surface area (Å²) >= 11 is 0. The van der Waals surface area contributed by atoms with Gasteiger partial charge in [0.05, 0.1) is 12.7 Å². The van der Waals surface area contributed by atoms with E-state index in [-0.39, 0.29) is 0 Å². The zero-order chi connectivity index (χ0) is 7.40. The van der Waals surface area contributed by atoms with Crippen LogP contribution in [0.4, 0.5) is 0 Å². The second kappa shape index (κ2) is 4.27. The highest BCUT2D eigenvalue weighted by Crippen LogP contribution is 2.25. The minimum absolute atomic E-state index is 0.544. The van der Waals surface area contributed by atoms with Crippen molar-refractivity contribution in [3.8, 4) is 0 Å². The summed E-state index contributed by atoms with van der Waals surface area (Å²) in [5.41, 5.74) is 0. The zero-order valence-corrected chi connectivity index (χ0v) is 7.68. The molecular formula is C7H16NOP. The SMILES string of the molecule is CCC1CPC(NC)CO1. The van der Waals surface area contributed by atoms with Crippen molar-refractivity contribution >= 4 is 8.58 Å². The molecule has 2 nitrogen and oxygen atoms in total. The molecular weight excluding hydrogens is 145 g/mol. The molecule has 10 heavy (non-hydrogen) atoms. The molecule has 0 bridgehead atoms. The normalized spacial score (nSPS) is 36.6. The van der Waals surface area contributed by atoms with Gasteiger partial charge in [-0.25, -0.2) is 0 Å². The Hall–Kier alpha value is 0.350. The lowest BCUT2D eigenvalue weighted by atomic mass is 10.3. The molecule has 3 heteroatoms. The Bertz CT molecular complexity index is 79.6. The molecule has 1 rings (SSSR count). The summed E-state index contributed by atoms with van der Waals surface area (Å²) in [7, 11) is 3.05. The van der Waals surface area contributed by atoms with Crippen molar-refractivity contribution < 1.29 is 4.74 Å². The molecule has 0 aliphatic carbocycles. The molecule has 1 saturated heterocycles. The van der Waals surface area contributed by atoms with Gasteiger partial charge in [0.2, 0.25) is 0 Å². The Balaban J connectivity index is 2.17. The number of rotatable bonds is 2. The van der Waals surface area contributed by atoms with Crippen LogP contribution in [0.3, 0.4) is 0 Å². The first-order valence-corrected chi connectivity index (χ1v) is 5.17. The maximum atomic E-state index is 5.58. The smallest absolute Gasteiger partial charge is 0.0661 e. The summed E-state index contributed by atoms with van der Waals surface area (Å²) in [6.07, 6.45) is 2.97. The maximum absolute atomic E-state index is 5.58. The zero-order valence-electron chi connectivity index (χ0n) is 6.68. The second-order valence-electron chi connectivity index (χ2n) is 2.61. The second-order valence-corrected chi connectivity index (χ2v) is 4.13. The van der Waals surface area contributed by atoms with Gasteiger partial charge in [-0.1, -0.05) is 15.5 Å². The third-order valence-corrected chi connectivity index (χ3v) is 3.53. The number of hydrogen-bond donors (Lipinski definition) is 1. The molecule has 3 unspecified atom stereocenters. The van der Waals surface area contributed by atoms with Crippen LogP contribution in [0.1, 0.15) is 13.3 Å². The molecule has 3 atom stereocenters. The molecule has 0 saturated carbocycles. The average Bonchev–Trinajstić information content (AvgIpc) is 2.05. The Labute approximate surface area is 64.5 Å². The van der Waals surface area contributed by atoms with Gasteiger partial charge in [0.25, 0.3) is 0 Å². The highest BCUT2D eigenvalue weighted by molar-refractivity contribution is 7.39. The first kappa shape index (κ1) is 8.45. The third-order valence-electron chi connectivity index (χ3n) is 1.89. The van der Waals surface area contributed by atoms with Crippen molar-refractivity contribution in [2.45, 2.75) is 25.2 Å². The van der Waals surface area contributed by atoms with Crippen LogP contribution in [-0.4, -0.2) is 31.7 Å². The Kier molecular flexibility index (Phi) is 3.61. The molecule has 60 valence electrons. The predicted molar refractivity (Wildman–Crippen MR) is 46.1 cm³/mol. The standard InChI is InChI=1S/C7H16NOP/c1-3-6-5-10-7(8-2)4-9-6/h6-8,10H,3-5H2,1-2H3. The van der Waals surface area contributed by atoms with Crippen molar-refractivity contribution in [3.63, 3.8) is 0 Å². The molecule has 1 fully saturated rings. The molecule has 0 amide bonds. The fourth-order valence-corrected chi connectivity index (χ4v) is 2.44. The number of nitrogens with one attached hydrogen (secondary N) is 1. The molecule has 0 aromatic carbocycles. The molecule has 0 aromatic heterocycles. The van der Waals surface area contributed by atoms with E-state index in [4.69, 9.17) is 4.74 Å². The molecule has 1 N–H and O–H groups in total. The van der Waals surface area contributed by atoms with Crippen LogP contribution in [0.15, 0.2) is 0 Å². The van der Waals surface area contributed by atoms with Gasteiger partial charge in [-0.3, -0.25) is 0 Å². The van der Waals surface area contributed by atoms with Crippen molar-refractivity contribution in [1.82, 2.24) is 5.32 Å². The van der Waals surface area contributed by atoms with Crippen LogP contribution in [0, 0.1) is 0 Å². The van der Waals surface area contributed by atoms with Gasteiger partial charge < -0.3 is 10.1 Å². The van der Waals surface area contributed by atoms with Gasteiger partial charge in [-0.15, -0.1) is 0 Å². The van der Waals surface area contributed by atoms with Gasteiger partial charge in [0.15, 0.2) is 0 Å². The largest absolute Gasteiger partial charge is 0.376 e. The fourth-order valence-electron chi connectivity index (χ4n) is 1.07. The topological polar surface area (TPSA) is 21.3 Å². The quantitative estimate of drug-likeness (QED) is 0.610. The van der Waals surface area contributed by atoms with E-state index in [1.807, 2.05) is 7.05 Å². The number of hydrogen-bond acceptors (Lipinski definition) is 2. The van der Waals surface area contributed by atoms with Crippen LogP contribution in [0.25, 0.3) is 0 Å². The monoisotopic (exact) mass is 161 g/mol. The Morgan fingerprint density at radius 1 is 1.70 bits per heavy atom. The van der Waals surface area contributed by atoms with Crippen LogP contribution in [0.2, 0.25) is 0 Å². The molecule has 0 spiro atoms. The van der Waals surface area contributed by atoms with E-state index in [2.05, 4.69) is 12.2 Å². The predicted octanol–water partition coefficient (Wildman–Crippen LogP) is 1.02. The van der Waals surface area contributed by atoms with E-state index < -0.39 is 0 Å². The first-order valence-electron chi connectivity index (χ1n) is 3.89. The lowest BCUT2D eigenvalue weighted by molar-refractivity contribution is 0.0554. The summed E-state index contributed by atoms with van der Waals surface area (Å²) in [6.45, 7) is 3.10. The Morgan fingerprint density at radius 3 is 2.90 bits per heavy atom. The summed E-state index contributed by atoms with van der Waals surface area (Å²) < 4.78 is 5.58. The van der Waals surface area contributed by atoms with Gasteiger partial charge in [0, 0.05) is 5.78 Å². The lowest BCUT2D eigenvalue weighted by Crippen LogP contribution is -2.34. The van der Waals surface area contributed by atoms with Crippen LogP contribution < -0.4 is 5.32 Å². The van der Waals surface area contributed by atoms with Crippen molar-refractivity contribution in [3.05, 3.63) is 0 Å². The van der Waals surface area contributed by atoms with Crippen LogP contribution in [0.5, 0.6) is 0 Å². The van der Waals surface area contributed by atoms with Crippen molar-refractivity contribution in [2.24, 2.45) is 0 Å². The summed E-state index contributed by atoms with van der Waals surface area (Å²) in [6, 6.07) is 0. The summed E-state index contributed by atoms with van der Waals surface area (Å²) in [5, 5.41) is 3.24. The Morgan fingerprint density at radius 2 is 2.50 bits per heavy atom. The highest BCUT2D eigenvalue weighted by Gasteiger charge is 2.17. The van der Waals surface area contributed by atoms with Crippen molar-refractivity contribution in [2.75, 3.05) is 19.8 Å². The number of ether oxygens (including phenoxy) is 1. The molecule has 0 aromatic rings. The molecule has 1 aliphatic heterocycles. The lowest BCUT2D eigenvalue weighted by Gasteiger charge is -2.27. The fraction of sp³-hybridized carbons (Fsp3) is 1.00. The first-order chi connectivity index (χ1) is 4.86. The van der Waals surface area contributed by atoms with Gasteiger partial charge in [-0.05, 0) is 19.6 Å². The maximum Gasteiger partial charge on any atom is 0.0661 e. The van der Waals surface area contributed by atoms with Crippen molar-refractivity contribution in [1.29, 1.82) is 0 Å². The van der Waals surface area contributed by atoms with E-state index >= 15 is 0 Å². The van der Waals surface area contributed by atoms with E-state index in [0.717, 1.165) is 15.2 Å². The minimum Gasteiger partial charge on any atom is -0.376 e. The number of likely N-dealkylation sites (N-methyl/N-ethyl adjacent to an activating group) is 1. The van der Waals surface area contributed by atoms with Gasteiger partial charge in [0.1, 0.15) is 0 Å². The van der Waals surface area contributed by atoms with E-state index in [0.29, 0.717) is 11.9 Å². The van der Waals surface area contributed by atoms with E-state index in [1.54, 1.807) is 0 Å². The van der Waals surface area contributed by atoms with Gasteiger partial charge in [-0.2, -0.15) is 0 Å². The minimum atomic E-state index is 0.544. The van der Waals surface area contributed by atoms with E-state index in [1.165, 1.54) is 12.6 Å². The highest BCUT2D eigenvalue weighted by atomic mass is 31.1. The van der Waals surface area contributed by atoms with Gasteiger partial charge >= 0.3 is 0 Å². The molecule has 1 aliphatic rings.